The first-order valence-corrected chi connectivity index (χ1v) is 5.70. The molecule has 0 amide bonds. The number of pyridine rings is 1. The lowest BCUT2D eigenvalue weighted by molar-refractivity contribution is 0.872. The van der Waals surface area contributed by atoms with Crippen LogP contribution in [0.15, 0.2) is 33.7 Å². The van der Waals surface area contributed by atoms with E-state index in [0.717, 1.165) is 10.9 Å². The summed E-state index contributed by atoms with van der Waals surface area (Å²) in [5, 5.41) is 0.746. The summed E-state index contributed by atoms with van der Waals surface area (Å²) < 4.78 is 0.580. The van der Waals surface area contributed by atoms with Crippen molar-refractivity contribution in [1.29, 1.82) is 0 Å². The number of fused-ring (bicyclic) bond motifs is 1. The molecule has 1 aromatic carbocycles. The molecule has 78 valence electrons. The van der Waals surface area contributed by atoms with Gasteiger partial charge in [0, 0.05) is 11.6 Å². The molecule has 3 heteroatoms. The zero-order chi connectivity index (χ0) is 11.0. The van der Waals surface area contributed by atoms with Crippen LogP contribution < -0.4 is 5.43 Å². The van der Waals surface area contributed by atoms with Gasteiger partial charge in [0.05, 0.1) is 9.99 Å². The molecule has 1 aromatic heterocycles. The van der Waals surface area contributed by atoms with E-state index in [1.165, 1.54) is 5.56 Å². The van der Waals surface area contributed by atoms with Gasteiger partial charge in [0.25, 0.3) is 0 Å². The molecule has 0 aliphatic rings. The molecular formula is C12H12BrNO. The van der Waals surface area contributed by atoms with E-state index in [1.807, 2.05) is 12.1 Å². The highest BCUT2D eigenvalue weighted by Gasteiger charge is 2.08. The molecule has 0 radical (unpaired) electrons. The molecule has 0 fully saturated rings. The number of aromatic nitrogens is 1. The summed E-state index contributed by atoms with van der Waals surface area (Å²) >= 11 is 3.23. The number of hydrogen-bond acceptors (Lipinski definition) is 1. The van der Waals surface area contributed by atoms with Crippen LogP contribution in [0.4, 0.5) is 0 Å². The van der Waals surface area contributed by atoms with Gasteiger partial charge in [-0.2, -0.15) is 0 Å². The van der Waals surface area contributed by atoms with E-state index >= 15 is 0 Å². The Morgan fingerprint density at radius 3 is 2.73 bits per heavy atom. The SMILES string of the molecule is CC(C)c1cccc2c(=O)c(Br)c[nH]c12. The first-order valence-electron chi connectivity index (χ1n) is 4.91. The van der Waals surface area contributed by atoms with Gasteiger partial charge in [-0.1, -0.05) is 26.0 Å². The molecule has 0 unspecified atom stereocenters. The fourth-order valence-corrected chi connectivity index (χ4v) is 2.06. The molecule has 0 saturated heterocycles. The fourth-order valence-electron chi connectivity index (χ4n) is 1.73. The van der Waals surface area contributed by atoms with Crippen LogP contribution in [0.5, 0.6) is 0 Å². The Bertz CT molecular complexity index is 557. The zero-order valence-corrected chi connectivity index (χ0v) is 10.3. The zero-order valence-electron chi connectivity index (χ0n) is 8.67. The average Bonchev–Trinajstić information content (AvgIpc) is 2.23. The van der Waals surface area contributed by atoms with Gasteiger partial charge in [-0.15, -0.1) is 0 Å². The molecule has 0 saturated carbocycles. The number of hydrogen-bond donors (Lipinski definition) is 1. The van der Waals surface area contributed by atoms with Crippen LogP contribution in [-0.4, -0.2) is 4.98 Å². The van der Waals surface area contributed by atoms with Gasteiger partial charge >= 0.3 is 0 Å². The Morgan fingerprint density at radius 1 is 1.33 bits per heavy atom. The molecule has 1 N–H and O–H groups in total. The van der Waals surface area contributed by atoms with Crippen LogP contribution in [0.25, 0.3) is 10.9 Å². The highest BCUT2D eigenvalue weighted by molar-refractivity contribution is 9.10. The highest BCUT2D eigenvalue weighted by Crippen LogP contribution is 2.22. The summed E-state index contributed by atoms with van der Waals surface area (Å²) in [6.45, 7) is 4.24. The van der Waals surface area contributed by atoms with Gasteiger partial charge in [-0.05, 0) is 33.5 Å². The highest BCUT2D eigenvalue weighted by atomic mass is 79.9. The minimum absolute atomic E-state index is 0.0475. The van der Waals surface area contributed by atoms with Crippen molar-refractivity contribution in [2.75, 3.05) is 0 Å². The topological polar surface area (TPSA) is 32.9 Å². The summed E-state index contributed by atoms with van der Waals surface area (Å²) in [6.07, 6.45) is 1.70. The minimum atomic E-state index is 0.0475. The smallest absolute Gasteiger partial charge is 0.203 e. The molecule has 1 heterocycles. The predicted molar refractivity (Wildman–Crippen MR) is 66.4 cm³/mol. The molecular weight excluding hydrogens is 254 g/mol. The van der Waals surface area contributed by atoms with Crippen LogP contribution in [0.2, 0.25) is 0 Å². The van der Waals surface area contributed by atoms with Crippen molar-refractivity contribution in [1.82, 2.24) is 4.98 Å². The van der Waals surface area contributed by atoms with Crippen molar-refractivity contribution in [3.8, 4) is 0 Å². The predicted octanol–water partition coefficient (Wildman–Crippen LogP) is 3.41. The lowest BCUT2D eigenvalue weighted by atomic mass is 10.00. The molecule has 0 spiro atoms. The normalized spacial score (nSPS) is 11.2. The Morgan fingerprint density at radius 2 is 2.07 bits per heavy atom. The second-order valence-corrected chi connectivity index (χ2v) is 4.74. The minimum Gasteiger partial charge on any atom is -0.360 e. The number of halogens is 1. The third kappa shape index (κ3) is 1.72. The summed E-state index contributed by atoms with van der Waals surface area (Å²) in [5.41, 5.74) is 2.17. The molecule has 2 nitrogen and oxygen atoms in total. The van der Waals surface area contributed by atoms with Crippen LogP contribution in [-0.2, 0) is 0 Å². The maximum atomic E-state index is 11.8. The molecule has 0 atom stereocenters. The molecule has 2 rings (SSSR count). The summed E-state index contributed by atoms with van der Waals surface area (Å²) in [6, 6.07) is 5.83. The second kappa shape index (κ2) is 3.81. The number of nitrogens with one attached hydrogen (secondary N) is 1. The maximum absolute atomic E-state index is 11.8. The van der Waals surface area contributed by atoms with Crippen LogP contribution in [0.1, 0.15) is 25.3 Å². The second-order valence-electron chi connectivity index (χ2n) is 3.89. The Kier molecular flexibility index (Phi) is 2.65. The number of H-pyrrole nitrogens is 1. The van der Waals surface area contributed by atoms with E-state index in [-0.39, 0.29) is 5.43 Å². The van der Waals surface area contributed by atoms with Crippen LogP contribution in [0, 0.1) is 0 Å². The van der Waals surface area contributed by atoms with E-state index < -0.39 is 0 Å². The monoisotopic (exact) mass is 265 g/mol. The van der Waals surface area contributed by atoms with Crippen molar-refractivity contribution in [2.24, 2.45) is 0 Å². The third-order valence-electron chi connectivity index (χ3n) is 2.52. The first kappa shape index (κ1) is 10.4. The van der Waals surface area contributed by atoms with Crippen molar-refractivity contribution >= 4 is 26.8 Å². The number of para-hydroxylation sites is 1. The number of benzene rings is 1. The lowest BCUT2D eigenvalue weighted by Gasteiger charge is -2.09. The maximum Gasteiger partial charge on any atom is 0.203 e. The van der Waals surface area contributed by atoms with Crippen molar-refractivity contribution < 1.29 is 0 Å². The molecule has 15 heavy (non-hydrogen) atoms. The van der Waals surface area contributed by atoms with Crippen molar-refractivity contribution in [2.45, 2.75) is 19.8 Å². The van der Waals surface area contributed by atoms with Gasteiger partial charge in [0.1, 0.15) is 0 Å². The molecule has 0 aliphatic heterocycles. The standard InChI is InChI=1S/C12H12BrNO/c1-7(2)8-4-3-5-9-11(8)14-6-10(13)12(9)15/h3-7H,1-2H3,(H,14,15). The van der Waals surface area contributed by atoms with Gasteiger partial charge < -0.3 is 4.98 Å². The Hall–Kier alpha value is -1.09. The Labute approximate surface area is 96.5 Å². The van der Waals surface area contributed by atoms with E-state index in [1.54, 1.807) is 6.20 Å². The van der Waals surface area contributed by atoms with Gasteiger partial charge in [0.2, 0.25) is 5.43 Å². The summed E-state index contributed by atoms with van der Waals surface area (Å²) in [4.78, 5) is 15.0. The van der Waals surface area contributed by atoms with E-state index in [9.17, 15) is 4.79 Å². The van der Waals surface area contributed by atoms with Crippen LogP contribution >= 0.6 is 15.9 Å². The van der Waals surface area contributed by atoms with Gasteiger partial charge in [0.15, 0.2) is 0 Å². The summed E-state index contributed by atoms with van der Waals surface area (Å²) in [5.74, 6) is 0.408. The van der Waals surface area contributed by atoms with E-state index in [2.05, 4.69) is 40.8 Å². The summed E-state index contributed by atoms with van der Waals surface area (Å²) in [7, 11) is 0. The van der Waals surface area contributed by atoms with E-state index in [0.29, 0.717) is 10.4 Å². The van der Waals surface area contributed by atoms with Crippen LogP contribution in [0.3, 0.4) is 0 Å². The van der Waals surface area contributed by atoms with Crippen molar-refractivity contribution in [3.63, 3.8) is 0 Å². The van der Waals surface area contributed by atoms with Gasteiger partial charge in [-0.3, -0.25) is 4.79 Å². The third-order valence-corrected chi connectivity index (χ3v) is 3.11. The first-order chi connectivity index (χ1) is 7.11. The number of aromatic amines is 1. The van der Waals surface area contributed by atoms with E-state index in [4.69, 9.17) is 0 Å². The Balaban J connectivity index is 2.90. The molecule has 0 bridgehead atoms. The van der Waals surface area contributed by atoms with Crippen molar-refractivity contribution in [3.05, 3.63) is 44.7 Å². The largest absolute Gasteiger partial charge is 0.360 e. The average molecular weight is 266 g/mol. The fraction of sp³-hybridized carbons (Fsp3) is 0.250. The lowest BCUT2D eigenvalue weighted by Crippen LogP contribution is -2.05. The quantitative estimate of drug-likeness (QED) is 0.842. The molecule has 2 aromatic rings. The molecule has 0 aliphatic carbocycles. The number of rotatable bonds is 1. The van der Waals surface area contributed by atoms with Gasteiger partial charge in [-0.25, -0.2) is 0 Å².